The van der Waals surface area contributed by atoms with Crippen LogP contribution in [0.15, 0.2) is 6.33 Å². The lowest BCUT2D eigenvalue weighted by Crippen LogP contribution is -2.35. The van der Waals surface area contributed by atoms with Crippen LogP contribution in [0.5, 0.6) is 0 Å². The number of nitrogens with one attached hydrogen (secondary N) is 1. The fourth-order valence-electron chi connectivity index (χ4n) is 1.99. The van der Waals surface area contributed by atoms with Crippen LogP contribution in [-0.4, -0.2) is 41.6 Å². The van der Waals surface area contributed by atoms with E-state index in [1.165, 1.54) is 19.2 Å². The second-order valence-corrected chi connectivity index (χ2v) is 4.47. The van der Waals surface area contributed by atoms with Gasteiger partial charge in [-0.15, -0.1) is 0 Å². The largest absolute Gasteiger partial charge is 0.343 e. The van der Waals surface area contributed by atoms with Gasteiger partial charge in [0, 0.05) is 13.6 Å². The van der Waals surface area contributed by atoms with Gasteiger partial charge in [-0.2, -0.15) is 4.98 Å². The molecule has 0 radical (unpaired) electrons. The Balaban J connectivity index is 1.94. The molecule has 1 aromatic heterocycles. The van der Waals surface area contributed by atoms with Crippen molar-refractivity contribution >= 4 is 17.5 Å². The van der Waals surface area contributed by atoms with Crippen LogP contribution < -0.4 is 10.2 Å². The molecule has 2 rings (SSSR count). The van der Waals surface area contributed by atoms with E-state index in [0.717, 1.165) is 19.6 Å². The molecule has 0 saturated carbocycles. The Hall–Kier alpha value is -0.940. The van der Waals surface area contributed by atoms with Gasteiger partial charge in [0.25, 0.3) is 0 Å². The van der Waals surface area contributed by atoms with E-state index in [0.29, 0.717) is 11.9 Å². The van der Waals surface area contributed by atoms with Crippen LogP contribution in [0.1, 0.15) is 12.8 Å². The van der Waals surface area contributed by atoms with Crippen molar-refractivity contribution in [2.24, 2.45) is 5.92 Å². The molecule has 0 aromatic carbocycles. The number of nitrogens with zero attached hydrogens (tertiary/aromatic N) is 4. The van der Waals surface area contributed by atoms with Gasteiger partial charge in [-0.05, 0) is 43.5 Å². The maximum absolute atomic E-state index is 5.73. The quantitative estimate of drug-likeness (QED) is 0.855. The van der Waals surface area contributed by atoms with Crippen LogP contribution in [0.2, 0.25) is 5.28 Å². The molecule has 0 atom stereocenters. The summed E-state index contributed by atoms with van der Waals surface area (Å²) >= 11 is 5.73. The predicted octanol–water partition coefficient (Wildman–Crippen LogP) is 0.961. The first-order chi connectivity index (χ1) is 7.75. The highest BCUT2D eigenvalue weighted by atomic mass is 35.5. The molecule has 1 fully saturated rings. The van der Waals surface area contributed by atoms with Crippen molar-refractivity contribution in [2.45, 2.75) is 12.8 Å². The van der Waals surface area contributed by atoms with Gasteiger partial charge >= 0.3 is 0 Å². The van der Waals surface area contributed by atoms with Crippen molar-refractivity contribution in [3.05, 3.63) is 11.6 Å². The molecule has 0 aliphatic carbocycles. The predicted molar refractivity (Wildman–Crippen MR) is 63.7 cm³/mol. The molecule has 5 nitrogen and oxygen atoms in total. The molecule has 2 heterocycles. The molecule has 0 spiro atoms. The monoisotopic (exact) mass is 241 g/mol. The molecular formula is C10H16ClN5. The molecule has 16 heavy (non-hydrogen) atoms. The Morgan fingerprint density at radius 3 is 2.88 bits per heavy atom. The number of aromatic nitrogens is 3. The molecular weight excluding hydrogens is 226 g/mol. The average Bonchev–Trinajstić information content (AvgIpc) is 2.30. The summed E-state index contributed by atoms with van der Waals surface area (Å²) in [5.41, 5.74) is 0. The average molecular weight is 242 g/mol. The summed E-state index contributed by atoms with van der Waals surface area (Å²) in [5.74, 6) is 1.36. The maximum Gasteiger partial charge on any atom is 0.229 e. The van der Waals surface area contributed by atoms with Crippen molar-refractivity contribution in [3.63, 3.8) is 0 Å². The maximum atomic E-state index is 5.73. The lowest BCUT2D eigenvalue weighted by molar-refractivity contribution is 0.376. The lowest BCUT2D eigenvalue weighted by Gasteiger charge is -2.27. The van der Waals surface area contributed by atoms with Gasteiger partial charge in [-0.25, -0.2) is 9.97 Å². The Kier molecular flexibility index (Phi) is 3.90. The molecule has 6 heteroatoms. The zero-order valence-corrected chi connectivity index (χ0v) is 10.1. The number of hydrogen-bond donors (Lipinski definition) is 1. The van der Waals surface area contributed by atoms with Crippen LogP contribution in [-0.2, 0) is 0 Å². The molecule has 1 saturated heterocycles. The fraction of sp³-hybridized carbons (Fsp3) is 0.700. The summed E-state index contributed by atoms with van der Waals surface area (Å²) in [6.07, 6.45) is 3.87. The van der Waals surface area contributed by atoms with E-state index >= 15 is 0 Å². The minimum absolute atomic E-state index is 0.252. The first kappa shape index (κ1) is 11.5. The molecule has 1 aliphatic heterocycles. The van der Waals surface area contributed by atoms with Crippen LogP contribution in [0.25, 0.3) is 0 Å². The van der Waals surface area contributed by atoms with Crippen molar-refractivity contribution in [1.29, 1.82) is 0 Å². The molecule has 0 amide bonds. The van der Waals surface area contributed by atoms with E-state index in [9.17, 15) is 0 Å². The van der Waals surface area contributed by atoms with Gasteiger partial charge in [0.1, 0.15) is 6.33 Å². The Bertz CT molecular complexity index is 340. The van der Waals surface area contributed by atoms with E-state index in [4.69, 9.17) is 11.6 Å². The fourth-order valence-corrected chi connectivity index (χ4v) is 2.10. The van der Waals surface area contributed by atoms with Crippen molar-refractivity contribution < 1.29 is 0 Å². The van der Waals surface area contributed by atoms with Gasteiger partial charge in [0.2, 0.25) is 11.2 Å². The normalized spacial score (nSPS) is 17.4. The third kappa shape index (κ3) is 3.02. The summed E-state index contributed by atoms with van der Waals surface area (Å²) in [5, 5.41) is 3.61. The number of hydrogen-bond acceptors (Lipinski definition) is 5. The van der Waals surface area contributed by atoms with E-state index in [-0.39, 0.29) is 5.28 Å². The second-order valence-electron chi connectivity index (χ2n) is 4.13. The van der Waals surface area contributed by atoms with Crippen molar-refractivity contribution in [3.8, 4) is 0 Å². The zero-order valence-electron chi connectivity index (χ0n) is 9.36. The summed E-state index contributed by atoms with van der Waals surface area (Å²) in [7, 11) is 1.99. The Morgan fingerprint density at radius 1 is 1.44 bits per heavy atom. The zero-order chi connectivity index (χ0) is 11.4. The topological polar surface area (TPSA) is 53.9 Å². The van der Waals surface area contributed by atoms with E-state index in [1.807, 2.05) is 11.9 Å². The molecule has 0 unspecified atom stereocenters. The molecule has 1 aliphatic rings. The summed E-state index contributed by atoms with van der Waals surface area (Å²) in [6.45, 7) is 3.19. The number of piperidine rings is 1. The summed E-state index contributed by atoms with van der Waals surface area (Å²) < 4.78 is 0. The van der Waals surface area contributed by atoms with Crippen LogP contribution in [0.4, 0.5) is 5.95 Å². The van der Waals surface area contributed by atoms with Gasteiger partial charge in [-0.3, -0.25) is 0 Å². The van der Waals surface area contributed by atoms with Crippen LogP contribution >= 0.6 is 11.6 Å². The second kappa shape index (κ2) is 5.41. The first-order valence-electron chi connectivity index (χ1n) is 5.52. The number of anilines is 1. The van der Waals surface area contributed by atoms with E-state index < -0.39 is 0 Å². The smallest absolute Gasteiger partial charge is 0.229 e. The number of rotatable bonds is 3. The Morgan fingerprint density at radius 2 is 2.19 bits per heavy atom. The summed E-state index contributed by atoms with van der Waals surface area (Å²) in [6, 6.07) is 0. The van der Waals surface area contributed by atoms with Gasteiger partial charge in [0.15, 0.2) is 0 Å². The lowest BCUT2D eigenvalue weighted by atomic mass is 9.98. The van der Waals surface area contributed by atoms with Crippen LogP contribution in [0, 0.1) is 5.92 Å². The molecule has 1 aromatic rings. The number of halogens is 1. The first-order valence-corrected chi connectivity index (χ1v) is 5.90. The van der Waals surface area contributed by atoms with Gasteiger partial charge in [-0.1, -0.05) is 0 Å². The standard InChI is InChI=1S/C10H16ClN5/c1-16(6-8-2-4-12-5-3-8)10-14-7-13-9(11)15-10/h7-8,12H,2-6H2,1H3. The molecule has 88 valence electrons. The third-order valence-electron chi connectivity index (χ3n) is 2.86. The van der Waals surface area contributed by atoms with Crippen LogP contribution in [0.3, 0.4) is 0 Å². The highest BCUT2D eigenvalue weighted by molar-refractivity contribution is 6.28. The van der Waals surface area contributed by atoms with E-state index in [2.05, 4.69) is 20.3 Å². The molecule has 0 bridgehead atoms. The SMILES string of the molecule is CN(CC1CCNCC1)c1ncnc(Cl)n1. The van der Waals surface area contributed by atoms with E-state index in [1.54, 1.807) is 0 Å². The molecule has 1 N–H and O–H groups in total. The summed E-state index contributed by atoms with van der Waals surface area (Å²) in [4.78, 5) is 14.0. The highest BCUT2D eigenvalue weighted by Crippen LogP contribution is 2.15. The third-order valence-corrected chi connectivity index (χ3v) is 3.04. The van der Waals surface area contributed by atoms with Gasteiger partial charge < -0.3 is 10.2 Å². The minimum Gasteiger partial charge on any atom is -0.343 e. The highest BCUT2D eigenvalue weighted by Gasteiger charge is 2.16. The van der Waals surface area contributed by atoms with Crippen molar-refractivity contribution in [2.75, 3.05) is 31.6 Å². The minimum atomic E-state index is 0.252. The van der Waals surface area contributed by atoms with Gasteiger partial charge in [0.05, 0.1) is 0 Å². The van der Waals surface area contributed by atoms with Crippen molar-refractivity contribution in [1.82, 2.24) is 20.3 Å². The Labute approximate surface area is 100 Å².